The van der Waals surface area contributed by atoms with Crippen LogP contribution in [-0.2, 0) is 13.1 Å². The number of hydrogen-bond acceptors (Lipinski definition) is 4. The SMILES string of the molecule is CCn1cc(CNc2ccc(OC3CCCCC3O)cc2)cn1. The van der Waals surface area contributed by atoms with Crippen molar-refractivity contribution < 1.29 is 9.84 Å². The number of aromatic nitrogens is 2. The number of rotatable bonds is 6. The third kappa shape index (κ3) is 4.26. The van der Waals surface area contributed by atoms with Gasteiger partial charge in [-0.15, -0.1) is 0 Å². The summed E-state index contributed by atoms with van der Waals surface area (Å²) in [5, 5.41) is 17.6. The predicted molar refractivity (Wildman–Crippen MR) is 90.6 cm³/mol. The summed E-state index contributed by atoms with van der Waals surface area (Å²) in [6.45, 7) is 3.72. The van der Waals surface area contributed by atoms with Gasteiger partial charge in [0.15, 0.2) is 0 Å². The Kier molecular flexibility index (Phi) is 5.18. The van der Waals surface area contributed by atoms with Gasteiger partial charge < -0.3 is 15.2 Å². The number of aliphatic hydroxyl groups is 1. The number of aryl methyl sites for hydroxylation is 1. The van der Waals surface area contributed by atoms with Crippen molar-refractivity contribution in [2.24, 2.45) is 0 Å². The molecule has 2 N–H and O–H groups in total. The molecule has 2 aromatic rings. The van der Waals surface area contributed by atoms with Crippen molar-refractivity contribution in [2.45, 2.75) is 57.9 Å². The van der Waals surface area contributed by atoms with Gasteiger partial charge in [-0.1, -0.05) is 6.42 Å². The second-order valence-electron chi connectivity index (χ2n) is 6.09. The summed E-state index contributed by atoms with van der Waals surface area (Å²) in [6, 6.07) is 7.93. The van der Waals surface area contributed by atoms with Crippen LogP contribution in [-0.4, -0.2) is 27.1 Å². The number of nitrogens with one attached hydrogen (secondary N) is 1. The van der Waals surface area contributed by atoms with E-state index in [1.807, 2.05) is 35.1 Å². The van der Waals surface area contributed by atoms with Crippen LogP contribution in [0.15, 0.2) is 36.7 Å². The van der Waals surface area contributed by atoms with Crippen LogP contribution in [0.1, 0.15) is 38.2 Å². The molecular formula is C18H25N3O2. The minimum atomic E-state index is -0.336. The fourth-order valence-corrected chi connectivity index (χ4v) is 2.92. The van der Waals surface area contributed by atoms with E-state index in [-0.39, 0.29) is 12.2 Å². The van der Waals surface area contributed by atoms with Gasteiger partial charge in [0.05, 0.1) is 12.3 Å². The van der Waals surface area contributed by atoms with E-state index in [1.165, 1.54) is 0 Å². The van der Waals surface area contributed by atoms with Gasteiger partial charge in [-0.3, -0.25) is 4.68 Å². The monoisotopic (exact) mass is 315 g/mol. The van der Waals surface area contributed by atoms with Crippen molar-refractivity contribution in [2.75, 3.05) is 5.32 Å². The molecule has 0 saturated heterocycles. The molecule has 0 spiro atoms. The van der Waals surface area contributed by atoms with Crippen molar-refractivity contribution in [1.82, 2.24) is 9.78 Å². The van der Waals surface area contributed by atoms with Gasteiger partial charge in [-0.25, -0.2) is 0 Å². The minimum Gasteiger partial charge on any atom is -0.488 e. The molecule has 1 aromatic carbocycles. The Bertz CT molecular complexity index is 609. The fourth-order valence-electron chi connectivity index (χ4n) is 2.92. The number of ether oxygens (including phenoxy) is 1. The molecule has 1 aliphatic carbocycles. The van der Waals surface area contributed by atoms with E-state index in [4.69, 9.17) is 4.74 Å². The molecule has 1 fully saturated rings. The zero-order valence-corrected chi connectivity index (χ0v) is 13.6. The van der Waals surface area contributed by atoms with Crippen molar-refractivity contribution >= 4 is 5.69 Å². The van der Waals surface area contributed by atoms with Crippen LogP contribution in [0.3, 0.4) is 0 Å². The van der Waals surface area contributed by atoms with Crippen molar-refractivity contribution in [3.05, 3.63) is 42.2 Å². The molecule has 124 valence electrons. The van der Waals surface area contributed by atoms with Crippen LogP contribution < -0.4 is 10.1 Å². The molecule has 1 saturated carbocycles. The smallest absolute Gasteiger partial charge is 0.124 e. The molecule has 1 aliphatic rings. The highest BCUT2D eigenvalue weighted by molar-refractivity contribution is 5.46. The van der Waals surface area contributed by atoms with Gasteiger partial charge in [-0.05, 0) is 50.5 Å². The average molecular weight is 315 g/mol. The Hall–Kier alpha value is -2.01. The van der Waals surface area contributed by atoms with E-state index in [9.17, 15) is 5.11 Å². The summed E-state index contributed by atoms with van der Waals surface area (Å²) < 4.78 is 7.83. The summed E-state index contributed by atoms with van der Waals surface area (Å²) in [6.07, 6.45) is 7.54. The molecule has 23 heavy (non-hydrogen) atoms. The van der Waals surface area contributed by atoms with Crippen LogP contribution in [0.5, 0.6) is 5.75 Å². The number of hydrogen-bond donors (Lipinski definition) is 2. The molecule has 3 rings (SSSR count). The lowest BCUT2D eigenvalue weighted by Crippen LogP contribution is -2.34. The largest absolute Gasteiger partial charge is 0.488 e. The van der Waals surface area contributed by atoms with Gasteiger partial charge >= 0.3 is 0 Å². The Balaban J connectivity index is 1.52. The maximum atomic E-state index is 9.97. The first-order chi connectivity index (χ1) is 11.2. The summed E-state index contributed by atoms with van der Waals surface area (Å²) in [5.74, 6) is 0.820. The molecule has 1 heterocycles. The zero-order valence-electron chi connectivity index (χ0n) is 13.6. The van der Waals surface area contributed by atoms with E-state index < -0.39 is 0 Å². The Morgan fingerprint density at radius 3 is 2.74 bits per heavy atom. The Morgan fingerprint density at radius 2 is 2.04 bits per heavy atom. The molecule has 0 aliphatic heterocycles. The summed E-state index contributed by atoms with van der Waals surface area (Å²) in [7, 11) is 0. The number of anilines is 1. The molecule has 1 aromatic heterocycles. The highest BCUT2D eigenvalue weighted by Gasteiger charge is 2.24. The fraction of sp³-hybridized carbons (Fsp3) is 0.500. The minimum absolute atomic E-state index is 0.0672. The van der Waals surface area contributed by atoms with Crippen molar-refractivity contribution in [3.63, 3.8) is 0 Å². The van der Waals surface area contributed by atoms with Crippen LogP contribution >= 0.6 is 0 Å². The topological polar surface area (TPSA) is 59.3 Å². The third-order valence-electron chi connectivity index (χ3n) is 4.32. The number of nitrogens with zero attached hydrogens (tertiary/aromatic N) is 2. The van der Waals surface area contributed by atoms with Gasteiger partial charge in [0, 0.05) is 30.5 Å². The lowest BCUT2D eigenvalue weighted by atomic mass is 9.95. The highest BCUT2D eigenvalue weighted by atomic mass is 16.5. The summed E-state index contributed by atoms with van der Waals surface area (Å²) in [4.78, 5) is 0. The number of aliphatic hydroxyl groups excluding tert-OH is 1. The first-order valence-corrected chi connectivity index (χ1v) is 8.44. The van der Waals surface area contributed by atoms with E-state index in [0.29, 0.717) is 0 Å². The first kappa shape index (κ1) is 15.9. The normalized spacial score (nSPS) is 21.1. The standard InChI is InChI=1S/C18H25N3O2/c1-2-21-13-14(12-20-21)11-19-15-7-9-16(10-8-15)23-18-6-4-3-5-17(18)22/h7-10,12-13,17-19,22H,2-6,11H2,1H3. The van der Waals surface area contributed by atoms with Gasteiger partial charge in [0.2, 0.25) is 0 Å². The van der Waals surface area contributed by atoms with Gasteiger partial charge in [0.1, 0.15) is 11.9 Å². The van der Waals surface area contributed by atoms with Crippen LogP contribution in [0.2, 0.25) is 0 Å². The first-order valence-electron chi connectivity index (χ1n) is 8.44. The molecule has 0 bridgehead atoms. The lowest BCUT2D eigenvalue weighted by Gasteiger charge is -2.28. The second-order valence-corrected chi connectivity index (χ2v) is 6.09. The van der Waals surface area contributed by atoms with Crippen molar-refractivity contribution in [1.29, 1.82) is 0 Å². The van der Waals surface area contributed by atoms with Crippen molar-refractivity contribution in [3.8, 4) is 5.75 Å². The Morgan fingerprint density at radius 1 is 1.26 bits per heavy atom. The average Bonchev–Trinajstić information content (AvgIpc) is 3.04. The van der Waals surface area contributed by atoms with E-state index in [1.54, 1.807) is 0 Å². The summed E-state index contributed by atoms with van der Waals surface area (Å²) in [5.41, 5.74) is 2.21. The molecule has 5 heteroatoms. The van der Waals surface area contributed by atoms with Gasteiger partial charge in [0.25, 0.3) is 0 Å². The highest BCUT2D eigenvalue weighted by Crippen LogP contribution is 2.25. The van der Waals surface area contributed by atoms with E-state index >= 15 is 0 Å². The maximum absolute atomic E-state index is 9.97. The number of benzene rings is 1. The molecule has 0 amide bonds. The van der Waals surface area contributed by atoms with Crippen LogP contribution in [0.4, 0.5) is 5.69 Å². The Labute approximate surface area is 137 Å². The summed E-state index contributed by atoms with van der Waals surface area (Å²) >= 11 is 0. The lowest BCUT2D eigenvalue weighted by molar-refractivity contribution is 0.00688. The molecule has 5 nitrogen and oxygen atoms in total. The maximum Gasteiger partial charge on any atom is 0.124 e. The molecule has 2 atom stereocenters. The van der Waals surface area contributed by atoms with Crippen LogP contribution in [0.25, 0.3) is 0 Å². The molecular weight excluding hydrogens is 290 g/mol. The third-order valence-corrected chi connectivity index (χ3v) is 4.32. The quantitative estimate of drug-likeness (QED) is 0.859. The van der Waals surface area contributed by atoms with Gasteiger partial charge in [-0.2, -0.15) is 5.10 Å². The molecule has 2 unspecified atom stereocenters. The van der Waals surface area contributed by atoms with E-state index in [2.05, 4.69) is 23.5 Å². The van der Waals surface area contributed by atoms with E-state index in [0.717, 1.165) is 55.8 Å². The second kappa shape index (κ2) is 7.51. The zero-order chi connectivity index (χ0) is 16.1. The molecule has 0 radical (unpaired) electrons. The van der Waals surface area contributed by atoms with Crippen LogP contribution in [0, 0.1) is 0 Å². The predicted octanol–water partition coefficient (Wildman–Crippen LogP) is 3.20.